The molecule has 0 radical (unpaired) electrons. The Morgan fingerprint density at radius 2 is 1.74 bits per heavy atom. The number of ether oxygens (including phenoxy) is 2. The van der Waals surface area contributed by atoms with Crippen molar-refractivity contribution in [2.45, 2.75) is 19.7 Å². The van der Waals surface area contributed by atoms with Crippen LogP contribution in [0.4, 0.5) is 13.2 Å². The standard InChI is InChI=1S/C17H15F3O3/c1-12(21)15-8-7-14(9-16(15)23-11-17(18,19)20)22-10-13-5-3-2-4-6-13/h2-9H,10-11H2,1H3. The Labute approximate surface area is 131 Å². The summed E-state index contributed by atoms with van der Waals surface area (Å²) < 4.78 is 47.2. The molecule has 2 aromatic rings. The third-order valence-corrected chi connectivity index (χ3v) is 2.97. The van der Waals surface area contributed by atoms with E-state index in [2.05, 4.69) is 0 Å². The van der Waals surface area contributed by atoms with E-state index in [1.165, 1.54) is 25.1 Å². The second-order valence-corrected chi connectivity index (χ2v) is 4.89. The lowest BCUT2D eigenvalue weighted by atomic mass is 10.1. The molecule has 6 heteroatoms. The number of halogens is 3. The van der Waals surface area contributed by atoms with Crippen LogP contribution in [0.1, 0.15) is 22.8 Å². The van der Waals surface area contributed by atoms with Crippen LogP contribution in [0.2, 0.25) is 0 Å². The Morgan fingerprint density at radius 1 is 1.04 bits per heavy atom. The van der Waals surface area contributed by atoms with E-state index in [9.17, 15) is 18.0 Å². The quantitative estimate of drug-likeness (QED) is 0.738. The fraction of sp³-hybridized carbons (Fsp3) is 0.235. The Bertz CT molecular complexity index is 667. The van der Waals surface area contributed by atoms with E-state index < -0.39 is 12.8 Å². The zero-order valence-corrected chi connectivity index (χ0v) is 12.4. The van der Waals surface area contributed by atoms with Crippen LogP contribution in [-0.2, 0) is 6.61 Å². The van der Waals surface area contributed by atoms with Gasteiger partial charge in [0.05, 0.1) is 5.56 Å². The number of ketones is 1. The van der Waals surface area contributed by atoms with Gasteiger partial charge < -0.3 is 9.47 Å². The lowest BCUT2D eigenvalue weighted by Crippen LogP contribution is -2.20. The van der Waals surface area contributed by atoms with Crippen LogP contribution < -0.4 is 9.47 Å². The molecule has 0 bridgehead atoms. The summed E-state index contributed by atoms with van der Waals surface area (Å²) in [5.41, 5.74) is 1.00. The van der Waals surface area contributed by atoms with E-state index in [1.807, 2.05) is 30.3 Å². The molecule has 0 saturated carbocycles. The van der Waals surface area contributed by atoms with E-state index in [0.717, 1.165) is 5.56 Å². The van der Waals surface area contributed by atoms with Gasteiger partial charge in [-0.3, -0.25) is 4.79 Å². The van der Waals surface area contributed by atoms with Gasteiger partial charge in [0.15, 0.2) is 12.4 Å². The molecular formula is C17H15F3O3. The first-order valence-corrected chi connectivity index (χ1v) is 6.86. The number of rotatable bonds is 6. The van der Waals surface area contributed by atoms with Crippen molar-refractivity contribution in [3.63, 3.8) is 0 Å². The van der Waals surface area contributed by atoms with Gasteiger partial charge in [-0.1, -0.05) is 30.3 Å². The van der Waals surface area contributed by atoms with Crippen molar-refractivity contribution >= 4 is 5.78 Å². The zero-order chi connectivity index (χ0) is 16.9. The molecule has 0 N–H and O–H groups in total. The predicted molar refractivity (Wildman–Crippen MR) is 78.8 cm³/mol. The maximum absolute atomic E-state index is 12.3. The molecule has 0 spiro atoms. The van der Waals surface area contributed by atoms with Gasteiger partial charge in [0.2, 0.25) is 0 Å². The lowest BCUT2D eigenvalue weighted by molar-refractivity contribution is -0.153. The molecule has 2 rings (SSSR count). The molecule has 3 nitrogen and oxygen atoms in total. The Kier molecular flexibility index (Phi) is 5.26. The van der Waals surface area contributed by atoms with Gasteiger partial charge in [0.1, 0.15) is 18.1 Å². The lowest BCUT2D eigenvalue weighted by Gasteiger charge is -2.14. The number of hydrogen-bond donors (Lipinski definition) is 0. The van der Waals surface area contributed by atoms with Crippen molar-refractivity contribution in [2.24, 2.45) is 0 Å². The maximum atomic E-state index is 12.3. The number of Topliss-reactive ketones (excluding diaryl/α,β-unsaturated/α-hetero) is 1. The fourth-order valence-corrected chi connectivity index (χ4v) is 1.90. The third kappa shape index (κ3) is 5.32. The summed E-state index contributed by atoms with van der Waals surface area (Å²) in [6, 6.07) is 13.5. The number of hydrogen-bond acceptors (Lipinski definition) is 3. The summed E-state index contributed by atoms with van der Waals surface area (Å²) in [7, 11) is 0. The summed E-state index contributed by atoms with van der Waals surface area (Å²) >= 11 is 0. The first-order chi connectivity index (χ1) is 10.8. The van der Waals surface area contributed by atoms with E-state index in [4.69, 9.17) is 9.47 Å². The topological polar surface area (TPSA) is 35.5 Å². The molecule has 0 amide bonds. The Hall–Kier alpha value is -2.50. The Balaban J connectivity index is 2.13. The van der Waals surface area contributed by atoms with Crippen LogP contribution in [0.3, 0.4) is 0 Å². The minimum absolute atomic E-state index is 0.0845. The highest BCUT2D eigenvalue weighted by molar-refractivity contribution is 5.97. The summed E-state index contributed by atoms with van der Waals surface area (Å²) in [6.07, 6.45) is -4.48. The van der Waals surface area contributed by atoms with Crippen LogP contribution >= 0.6 is 0 Å². The van der Waals surface area contributed by atoms with Crippen molar-refractivity contribution in [1.82, 2.24) is 0 Å². The normalized spacial score (nSPS) is 11.1. The van der Waals surface area contributed by atoms with E-state index in [0.29, 0.717) is 5.75 Å². The average molecular weight is 324 g/mol. The van der Waals surface area contributed by atoms with Gasteiger partial charge >= 0.3 is 6.18 Å². The van der Waals surface area contributed by atoms with Gasteiger partial charge in [-0.25, -0.2) is 0 Å². The van der Waals surface area contributed by atoms with Crippen LogP contribution in [-0.4, -0.2) is 18.6 Å². The fourth-order valence-electron chi connectivity index (χ4n) is 1.90. The molecule has 122 valence electrons. The molecule has 0 atom stereocenters. The third-order valence-electron chi connectivity index (χ3n) is 2.97. The summed E-state index contributed by atoms with van der Waals surface area (Å²) in [6.45, 7) is 0.0642. The first kappa shape index (κ1) is 16.9. The summed E-state index contributed by atoms with van der Waals surface area (Å²) in [5, 5.41) is 0. The number of carbonyl (C=O) groups excluding carboxylic acids is 1. The SMILES string of the molecule is CC(=O)c1ccc(OCc2ccccc2)cc1OCC(F)(F)F. The van der Waals surface area contributed by atoms with Crippen molar-refractivity contribution in [3.05, 3.63) is 59.7 Å². The van der Waals surface area contributed by atoms with Gasteiger partial charge in [-0.2, -0.15) is 13.2 Å². The van der Waals surface area contributed by atoms with Gasteiger partial charge in [0.25, 0.3) is 0 Å². The molecule has 23 heavy (non-hydrogen) atoms. The van der Waals surface area contributed by atoms with Crippen molar-refractivity contribution in [3.8, 4) is 11.5 Å². The van der Waals surface area contributed by atoms with Crippen molar-refractivity contribution in [1.29, 1.82) is 0 Å². The first-order valence-electron chi connectivity index (χ1n) is 6.86. The number of benzene rings is 2. The Morgan fingerprint density at radius 3 is 2.35 bits per heavy atom. The van der Waals surface area contributed by atoms with Gasteiger partial charge in [0, 0.05) is 6.07 Å². The monoisotopic (exact) mass is 324 g/mol. The molecular weight excluding hydrogens is 309 g/mol. The average Bonchev–Trinajstić information content (AvgIpc) is 2.51. The van der Waals surface area contributed by atoms with E-state index in [1.54, 1.807) is 0 Å². The minimum atomic E-state index is -4.48. The van der Waals surface area contributed by atoms with Gasteiger partial charge in [-0.05, 0) is 24.6 Å². The molecule has 0 heterocycles. The smallest absolute Gasteiger partial charge is 0.422 e. The molecule has 0 aliphatic heterocycles. The van der Waals surface area contributed by atoms with Crippen molar-refractivity contribution < 1.29 is 27.4 Å². The minimum Gasteiger partial charge on any atom is -0.489 e. The molecule has 2 aromatic carbocycles. The number of alkyl halides is 3. The highest BCUT2D eigenvalue weighted by Gasteiger charge is 2.29. The van der Waals surface area contributed by atoms with Crippen LogP contribution in [0.25, 0.3) is 0 Å². The molecule has 0 fully saturated rings. The largest absolute Gasteiger partial charge is 0.489 e. The molecule has 0 saturated heterocycles. The van der Waals surface area contributed by atoms with Crippen LogP contribution in [0.5, 0.6) is 11.5 Å². The predicted octanol–water partition coefficient (Wildman–Crippen LogP) is 4.41. The second-order valence-electron chi connectivity index (χ2n) is 4.89. The van der Waals surface area contributed by atoms with Crippen LogP contribution in [0, 0.1) is 0 Å². The number of carbonyl (C=O) groups is 1. The molecule has 0 aromatic heterocycles. The highest BCUT2D eigenvalue weighted by atomic mass is 19.4. The molecule has 0 aliphatic rings. The highest BCUT2D eigenvalue weighted by Crippen LogP contribution is 2.28. The molecule has 0 unspecified atom stereocenters. The van der Waals surface area contributed by atoms with Crippen molar-refractivity contribution in [2.75, 3.05) is 6.61 Å². The summed E-state index contributed by atoms with van der Waals surface area (Å²) in [5.74, 6) is -0.187. The van der Waals surface area contributed by atoms with Crippen LogP contribution in [0.15, 0.2) is 48.5 Å². The van der Waals surface area contributed by atoms with E-state index >= 15 is 0 Å². The van der Waals surface area contributed by atoms with E-state index in [-0.39, 0.29) is 23.7 Å². The summed E-state index contributed by atoms with van der Waals surface area (Å²) in [4.78, 5) is 11.5. The zero-order valence-electron chi connectivity index (χ0n) is 12.4. The van der Waals surface area contributed by atoms with Gasteiger partial charge in [-0.15, -0.1) is 0 Å². The second kappa shape index (κ2) is 7.17. The molecule has 0 aliphatic carbocycles. The maximum Gasteiger partial charge on any atom is 0.422 e.